The molecule has 1 amide bonds. The molecule has 4 nitrogen and oxygen atoms in total. The Morgan fingerprint density at radius 1 is 1.00 bits per heavy atom. The van der Waals surface area contributed by atoms with E-state index in [-0.39, 0.29) is 11.2 Å². The van der Waals surface area contributed by atoms with E-state index in [1.54, 1.807) is 6.21 Å². The summed E-state index contributed by atoms with van der Waals surface area (Å²) in [4.78, 5) is 13.3. The van der Waals surface area contributed by atoms with Crippen LogP contribution in [0.3, 0.4) is 0 Å². The molecule has 0 saturated carbocycles. The van der Waals surface area contributed by atoms with Crippen LogP contribution in [0.15, 0.2) is 101 Å². The number of rotatable bonds is 8. The normalized spacial score (nSPS) is 12.1. The molecule has 0 aliphatic carbocycles. The molecule has 0 saturated heterocycles. The number of thioether (sulfide) groups is 1. The number of hydrogen-bond donors (Lipinski definition) is 1. The van der Waals surface area contributed by atoms with Gasteiger partial charge in [-0.15, -0.1) is 11.8 Å². The molecule has 0 aliphatic heterocycles. The Morgan fingerprint density at radius 3 is 2.52 bits per heavy atom. The smallest absolute Gasteiger partial charge is 0.253 e. The van der Waals surface area contributed by atoms with Gasteiger partial charge < -0.3 is 4.74 Å². The van der Waals surface area contributed by atoms with Crippen LogP contribution < -0.4 is 10.2 Å². The van der Waals surface area contributed by atoms with Crippen LogP contribution in [-0.2, 0) is 11.4 Å². The molecule has 0 aromatic heterocycles. The van der Waals surface area contributed by atoms with Gasteiger partial charge in [0, 0.05) is 9.92 Å². The molecule has 0 bridgehead atoms. The van der Waals surface area contributed by atoms with Gasteiger partial charge in [-0.05, 0) is 77.4 Å². The van der Waals surface area contributed by atoms with Crippen molar-refractivity contribution in [1.29, 1.82) is 0 Å². The lowest BCUT2D eigenvalue weighted by Gasteiger charge is -2.10. The fourth-order valence-corrected chi connectivity index (χ4v) is 4.25. The number of nitrogens with zero attached hydrogens (tertiary/aromatic N) is 1. The van der Waals surface area contributed by atoms with Crippen molar-refractivity contribution in [2.75, 3.05) is 0 Å². The van der Waals surface area contributed by atoms with E-state index >= 15 is 0 Å². The van der Waals surface area contributed by atoms with Gasteiger partial charge in [-0.2, -0.15) is 5.10 Å². The second kappa shape index (κ2) is 11.0. The third-order valence-electron chi connectivity index (χ3n) is 5.04. The Morgan fingerprint density at radius 2 is 1.73 bits per heavy atom. The summed E-state index contributed by atoms with van der Waals surface area (Å²) in [6, 6.07) is 29.5. The molecule has 166 valence electrons. The SMILES string of the molecule is C[C@H](Sc1ccc(Cl)cc1)C(=O)N/N=C\c1ccc(OCc2cccc3ccccc23)cc1. The van der Waals surface area contributed by atoms with Gasteiger partial charge in [0.15, 0.2) is 0 Å². The van der Waals surface area contributed by atoms with E-state index < -0.39 is 0 Å². The van der Waals surface area contributed by atoms with Crippen molar-refractivity contribution in [2.45, 2.75) is 23.7 Å². The van der Waals surface area contributed by atoms with E-state index in [0.717, 1.165) is 21.8 Å². The molecule has 0 unspecified atom stereocenters. The third kappa shape index (κ3) is 6.37. The maximum absolute atomic E-state index is 12.3. The molecule has 0 radical (unpaired) electrons. The highest BCUT2D eigenvalue weighted by Crippen LogP contribution is 2.25. The van der Waals surface area contributed by atoms with E-state index in [9.17, 15) is 4.79 Å². The fraction of sp³-hybridized carbons (Fsp3) is 0.111. The van der Waals surface area contributed by atoms with Crippen LogP contribution in [0.5, 0.6) is 5.75 Å². The van der Waals surface area contributed by atoms with Crippen molar-refractivity contribution in [1.82, 2.24) is 5.43 Å². The van der Waals surface area contributed by atoms with E-state index in [1.807, 2.05) is 73.7 Å². The zero-order valence-electron chi connectivity index (χ0n) is 18.1. The summed E-state index contributed by atoms with van der Waals surface area (Å²) in [7, 11) is 0. The Kier molecular flexibility index (Phi) is 7.66. The Labute approximate surface area is 202 Å². The minimum Gasteiger partial charge on any atom is -0.489 e. The predicted molar refractivity (Wildman–Crippen MR) is 137 cm³/mol. The number of nitrogens with one attached hydrogen (secondary N) is 1. The van der Waals surface area contributed by atoms with Crippen molar-refractivity contribution in [3.63, 3.8) is 0 Å². The Hall–Kier alpha value is -3.28. The van der Waals surface area contributed by atoms with Crippen LogP contribution in [0.1, 0.15) is 18.1 Å². The van der Waals surface area contributed by atoms with Gasteiger partial charge in [0.05, 0.1) is 11.5 Å². The number of carbonyl (C=O) groups excluding carboxylic acids is 1. The van der Waals surface area contributed by atoms with Crippen molar-refractivity contribution >= 4 is 46.3 Å². The summed E-state index contributed by atoms with van der Waals surface area (Å²) < 4.78 is 5.97. The minimum atomic E-state index is -0.284. The second-order valence-electron chi connectivity index (χ2n) is 7.44. The first kappa shape index (κ1) is 22.9. The number of hydrazone groups is 1. The average molecular weight is 475 g/mol. The number of carbonyl (C=O) groups is 1. The van der Waals surface area contributed by atoms with Crippen LogP contribution in [0.2, 0.25) is 5.02 Å². The lowest BCUT2D eigenvalue weighted by atomic mass is 10.1. The Balaban J connectivity index is 1.28. The second-order valence-corrected chi connectivity index (χ2v) is 9.29. The average Bonchev–Trinajstić information content (AvgIpc) is 2.85. The lowest BCUT2D eigenvalue weighted by Crippen LogP contribution is -2.26. The summed E-state index contributed by atoms with van der Waals surface area (Å²) >= 11 is 7.35. The molecule has 0 heterocycles. The zero-order chi connectivity index (χ0) is 23.0. The molecule has 0 aliphatic rings. The minimum absolute atomic E-state index is 0.166. The van der Waals surface area contributed by atoms with Gasteiger partial charge in [-0.1, -0.05) is 54.1 Å². The van der Waals surface area contributed by atoms with Crippen LogP contribution in [0.25, 0.3) is 10.8 Å². The molecule has 4 aromatic carbocycles. The number of amides is 1. The molecule has 33 heavy (non-hydrogen) atoms. The van der Waals surface area contributed by atoms with Crippen LogP contribution in [-0.4, -0.2) is 17.4 Å². The summed E-state index contributed by atoms with van der Waals surface area (Å²) in [5.74, 6) is 0.610. The largest absolute Gasteiger partial charge is 0.489 e. The third-order valence-corrected chi connectivity index (χ3v) is 6.40. The standard InChI is InChI=1S/C27H23ClN2O2S/c1-19(33-25-15-11-23(28)12-16-25)27(31)30-29-17-20-9-13-24(14-10-20)32-18-22-7-4-6-21-5-2-3-8-26(21)22/h2-17,19H,18H2,1H3,(H,30,31)/b29-17-/t19-/m0/s1. The molecular formula is C27H23ClN2O2S. The first-order valence-corrected chi connectivity index (χ1v) is 11.8. The molecule has 1 N–H and O–H groups in total. The summed E-state index contributed by atoms with van der Waals surface area (Å²) in [5.41, 5.74) is 4.61. The van der Waals surface area contributed by atoms with Gasteiger partial charge >= 0.3 is 0 Å². The van der Waals surface area contributed by atoms with E-state index in [2.05, 4.69) is 34.8 Å². The van der Waals surface area contributed by atoms with Crippen molar-refractivity contribution in [2.24, 2.45) is 5.10 Å². The van der Waals surface area contributed by atoms with Gasteiger partial charge in [-0.3, -0.25) is 4.79 Å². The molecule has 1 atom stereocenters. The molecule has 4 rings (SSSR count). The number of halogens is 1. The van der Waals surface area contributed by atoms with E-state index in [4.69, 9.17) is 16.3 Å². The highest BCUT2D eigenvalue weighted by atomic mass is 35.5. The quantitative estimate of drug-likeness (QED) is 0.175. The van der Waals surface area contributed by atoms with Gasteiger partial charge in [0.25, 0.3) is 5.91 Å². The van der Waals surface area contributed by atoms with Crippen LogP contribution in [0, 0.1) is 0 Å². The Bertz CT molecular complexity index is 1250. The fourth-order valence-electron chi connectivity index (χ4n) is 3.26. The van der Waals surface area contributed by atoms with Gasteiger partial charge in [0.1, 0.15) is 12.4 Å². The van der Waals surface area contributed by atoms with E-state index in [1.165, 1.54) is 22.5 Å². The van der Waals surface area contributed by atoms with E-state index in [0.29, 0.717) is 11.6 Å². The topological polar surface area (TPSA) is 50.7 Å². The maximum Gasteiger partial charge on any atom is 0.253 e. The van der Waals surface area contributed by atoms with Gasteiger partial charge in [0.2, 0.25) is 0 Å². The van der Waals surface area contributed by atoms with Crippen LogP contribution >= 0.6 is 23.4 Å². The maximum atomic E-state index is 12.3. The molecule has 4 aromatic rings. The van der Waals surface area contributed by atoms with Crippen molar-refractivity contribution < 1.29 is 9.53 Å². The number of fused-ring (bicyclic) bond motifs is 1. The monoisotopic (exact) mass is 474 g/mol. The number of benzene rings is 4. The molecular weight excluding hydrogens is 452 g/mol. The summed E-state index contributed by atoms with van der Waals surface area (Å²) in [6.45, 7) is 2.33. The number of ether oxygens (including phenoxy) is 1. The highest BCUT2D eigenvalue weighted by molar-refractivity contribution is 8.00. The van der Waals surface area contributed by atoms with Crippen molar-refractivity contribution in [3.8, 4) is 5.75 Å². The summed E-state index contributed by atoms with van der Waals surface area (Å²) in [6.07, 6.45) is 1.62. The van der Waals surface area contributed by atoms with Crippen molar-refractivity contribution in [3.05, 3.63) is 107 Å². The molecule has 0 fully saturated rings. The lowest BCUT2D eigenvalue weighted by molar-refractivity contribution is -0.120. The zero-order valence-corrected chi connectivity index (χ0v) is 19.6. The molecule has 0 spiro atoms. The first-order valence-electron chi connectivity index (χ1n) is 10.5. The van der Waals surface area contributed by atoms with Crippen LogP contribution in [0.4, 0.5) is 0 Å². The molecule has 6 heteroatoms. The first-order chi connectivity index (χ1) is 16.1. The van der Waals surface area contributed by atoms with Gasteiger partial charge in [-0.25, -0.2) is 5.43 Å². The number of hydrogen-bond acceptors (Lipinski definition) is 4. The summed E-state index contributed by atoms with van der Waals surface area (Å²) in [5, 5.41) is 6.86. The predicted octanol–water partition coefficient (Wildman–Crippen LogP) is 6.70. The highest BCUT2D eigenvalue weighted by Gasteiger charge is 2.13.